The number of fused-ring (bicyclic) bond motifs is 1. The summed E-state index contributed by atoms with van der Waals surface area (Å²) >= 11 is 0. The van der Waals surface area contributed by atoms with Crippen molar-refractivity contribution in [2.75, 3.05) is 5.32 Å². The minimum atomic E-state index is -1.09. The quantitative estimate of drug-likeness (QED) is 0.467. The number of hydrogen-bond donors (Lipinski definition) is 3. The molecular weight excluding hydrogens is 441 g/mol. The summed E-state index contributed by atoms with van der Waals surface area (Å²) in [6.45, 7) is 3.65. The molecule has 3 heterocycles. The van der Waals surface area contributed by atoms with E-state index >= 15 is 0 Å². The molecule has 1 amide bonds. The van der Waals surface area contributed by atoms with E-state index in [0.29, 0.717) is 28.6 Å². The molecule has 1 aliphatic carbocycles. The van der Waals surface area contributed by atoms with E-state index in [9.17, 15) is 19.6 Å². The summed E-state index contributed by atoms with van der Waals surface area (Å²) in [6.07, 6.45) is 3.22. The number of pyridine rings is 3. The lowest BCUT2D eigenvalue weighted by atomic mass is 9.98. The number of carbonyl (C=O) groups is 2. The van der Waals surface area contributed by atoms with Gasteiger partial charge >= 0.3 is 0 Å². The largest absolute Gasteiger partial charge is 0.483 e. The predicted molar refractivity (Wildman–Crippen MR) is 122 cm³/mol. The normalized spacial score (nSPS) is 17.1. The number of alkyl halides is 1. The number of hydrogen-bond acceptors (Lipinski definition) is 7. The molecule has 0 aliphatic heterocycles. The lowest BCUT2D eigenvalue weighted by molar-refractivity contribution is -0.123. The number of aryl methyl sites for hydroxylation is 1. The van der Waals surface area contributed by atoms with Crippen LogP contribution in [0.4, 0.5) is 10.2 Å². The lowest BCUT2D eigenvalue weighted by Gasteiger charge is -2.13. The van der Waals surface area contributed by atoms with Gasteiger partial charge in [0, 0.05) is 35.0 Å². The van der Waals surface area contributed by atoms with E-state index in [1.54, 1.807) is 18.5 Å². The Morgan fingerprint density at radius 2 is 2.03 bits per heavy atom. The number of nitrogens with zero attached hydrogens (tertiary/aromatic N) is 4. The number of nitrogens with one attached hydrogen (secondary N) is 1. The van der Waals surface area contributed by atoms with Gasteiger partial charge in [-0.2, -0.15) is 5.26 Å². The van der Waals surface area contributed by atoms with Crippen LogP contribution in [0.3, 0.4) is 0 Å². The lowest BCUT2D eigenvalue weighted by Crippen LogP contribution is -2.15. The van der Waals surface area contributed by atoms with Gasteiger partial charge in [0.25, 0.3) is 6.47 Å². The second-order valence-electron chi connectivity index (χ2n) is 7.94. The van der Waals surface area contributed by atoms with Crippen LogP contribution in [-0.4, -0.2) is 43.7 Å². The first-order valence-electron chi connectivity index (χ1n) is 10.7. The van der Waals surface area contributed by atoms with Gasteiger partial charge in [0.05, 0.1) is 23.2 Å². The summed E-state index contributed by atoms with van der Waals surface area (Å²) in [7, 11) is 0. The highest BCUT2D eigenvalue weighted by atomic mass is 19.1. The first-order chi connectivity index (χ1) is 16.3. The standard InChI is InChI=1S/C23H22FN5O2.CH2O2/c1-3-4-21(30)19-5-12(2)16(11-26-19)14-6-13-10-27-22(8-18(13)28-20(14)9-25)29-23(31)15-7-17(15)24;2-1-3/h5-6,8,10-11,15,17,21,30H,3-4,7H2,1-2H3,(H,27,29,31);1H,(H,2,3)/t15-,17+,21+;/m1./s1. The molecule has 3 N–H and O–H groups in total. The van der Waals surface area contributed by atoms with E-state index < -0.39 is 24.1 Å². The summed E-state index contributed by atoms with van der Waals surface area (Å²) in [5.41, 5.74) is 3.56. The monoisotopic (exact) mass is 465 g/mol. The van der Waals surface area contributed by atoms with Crippen LogP contribution in [0.2, 0.25) is 0 Å². The van der Waals surface area contributed by atoms with Crippen molar-refractivity contribution in [3.05, 3.63) is 47.5 Å². The number of nitriles is 1. The van der Waals surface area contributed by atoms with Crippen LogP contribution in [0.1, 0.15) is 49.2 Å². The van der Waals surface area contributed by atoms with Crippen molar-refractivity contribution in [1.82, 2.24) is 15.0 Å². The van der Waals surface area contributed by atoms with Crippen molar-refractivity contribution in [3.63, 3.8) is 0 Å². The van der Waals surface area contributed by atoms with Crippen molar-refractivity contribution in [1.29, 1.82) is 5.26 Å². The van der Waals surface area contributed by atoms with E-state index in [4.69, 9.17) is 9.90 Å². The van der Waals surface area contributed by atoms with Crippen LogP contribution in [0.5, 0.6) is 0 Å². The average molecular weight is 465 g/mol. The SMILES string of the molecule is CCC[C@H](O)c1cc(C)c(-c2cc3cnc(NC(=O)[C@@H]4C[C@@H]4F)cc3nc2C#N)cn1.O=CO. The number of aliphatic hydroxyl groups excluding tert-OH is 1. The van der Waals surface area contributed by atoms with Crippen LogP contribution >= 0.6 is 0 Å². The zero-order chi connectivity index (χ0) is 24.8. The maximum absolute atomic E-state index is 13.1. The van der Waals surface area contributed by atoms with Gasteiger partial charge in [-0.3, -0.25) is 14.6 Å². The summed E-state index contributed by atoms with van der Waals surface area (Å²) in [5, 5.41) is 30.1. The summed E-state index contributed by atoms with van der Waals surface area (Å²) in [4.78, 5) is 33.4. The zero-order valence-electron chi connectivity index (χ0n) is 18.7. The maximum Gasteiger partial charge on any atom is 0.290 e. The van der Waals surface area contributed by atoms with Gasteiger partial charge < -0.3 is 15.5 Å². The highest BCUT2D eigenvalue weighted by molar-refractivity contribution is 5.96. The van der Waals surface area contributed by atoms with Crippen molar-refractivity contribution >= 4 is 29.1 Å². The number of anilines is 1. The van der Waals surface area contributed by atoms with E-state index in [1.807, 2.05) is 26.0 Å². The zero-order valence-corrected chi connectivity index (χ0v) is 18.7. The summed E-state index contributed by atoms with van der Waals surface area (Å²) in [6, 6.07) is 7.33. The second-order valence-corrected chi connectivity index (χ2v) is 7.94. The van der Waals surface area contributed by atoms with Crippen LogP contribution in [0.15, 0.2) is 30.6 Å². The van der Waals surface area contributed by atoms with Crippen LogP contribution < -0.4 is 5.32 Å². The van der Waals surface area contributed by atoms with Gasteiger partial charge in [-0.1, -0.05) is 13.3 Å². The molecule has 3 aromatic rings. The van der Waals surface area contributed by atoms with Crippen molar-refractivity contribution < 1.29 is 24.2 Å². The molecular formula is C24H24FN5O4. The number of aromatic nitrogens is 3. The number of amides is 1. The Bertz CT molecular complexity index is 1260. The van der Waals surface area contributed by atoms with Crippen LogP contribution in [0, 0.1) is 24.2 Å². The fourth-order valence-electron chi connectivity index (χ4n) is 3.54. The molecule has 4 rings (SSSR count). The van der Waals surface area contributed by atoms with Crippen LogP contribution in [-0.2, 0) is 9.59 Å². The highest BCUT2D eigenvalue weighted by Gasteiger charge is 2.43. The number of rotatable bonds is 6. The number of carboxylic acid groups (broad SMARTS) is 1. The van der Waals surface area contributed by atoms with E-state index in [-0.39, 0.29) is 24.4 Å². The third kappa shape index (κ3) is 5.50. The Labute approximate surface area is 195 Å². The fraction of sp³-hybridized carbons (Fsp3) is 0.333. The Kier molecular flexibility index (Phi) is 7.81. The molecule has 0 spiro atoms. The number of halogens is 1. The Morgan fingerprint density at radius 3 is 2.62 bits per heavy atom. The van der Waals surface area contributed by atoms with Gasteiger partial charge in [-0.05, 0) is 37.5 Å². The minimum Gasteiger partial charge on any atom is -0.483 e. The fourth-order valence-corrected chi connectivity index (χ4v) is 3.54. The third-order valence-corrected chi connectivity index (χ3v) is 5.43. The first-order valence-corrected chi connectivity index (χ1v) is 10.7. The van der Waals surface area contributed by atoms with E-state index in [1.165, 1.54) is 0 Å². The Morgan fingerprint density at radius 1 is 1.32 bits per heavy atom. The van der Waals surface area contributed by atoms with Crippen LogP contribution in [0.25, 0.3) is 22.0 Å². The third-order valence-electron chi connectivity index (χ3n) is 5.43. The minimum absolute atomic E-state index is 0.216. The predicted octanol–water partition coefficient (Wildman–Crippen LogP) is 3.70. The molecule has 9 nitrogen and oxygen atoms in total. The molecule has 0 bridgehead atoms. The van der Waals surface area contributed by atoms with Crippen molar-refractivity contribution in [2.45, 2.75) is 45.4 Å². The van der Waals surface area contributed by atoms with Gasteiger partial charge in [0.2, 0.25) is 5.91 Å². The maximum atomic E-state index is 13.1. The van der Waals surface area contributed by atoms with Gasteiger partial charge in [0.1, 0.15) is 23.8 Å². The molecule has 1 aliphatic rings. The number of aliphatic hydroxyl groups is 1. The second kappa shape index (κ2) is 10.8. The van der Waals surface area contributed by atoms with Gasteiger partial charge in [-0.15, -0.1) is 0 Å². The molecule has 34 heavy (non-hydrogen) atoms. The van der Waals surface area contributed by atoms with Gasteiger partial charge in [-0.25, -0.2) is 14.4 Å². The summed E-state index contributed by atoms with van der Waals surface area (Å²) < 4.78 is 13.1. The molecule has 3 aromatic heterocycles. The summed E-state index contributed by atoms with van der Waals surface area (Å²) in [5.74, 6) is -0.742. The molecule has 0 radical (unpaired) electrons. The number of carbonyl (C=O) groups excluding carboxylic acids is 1. The molecule has 1 fully saturated rings. The molecule has 1 saturated carbocycles. The van der Waals surface area contributed by atoms with Crippen molar-refractivity contribution in [2.24, 2.45) is 5.92 Å². The first kappa shape index (κ1) is 24.7. The van der Waals surface area contributed by atoms with E-state index in [0.717, 1.165) is 17.5 Å². The Balaban J connectivity index is 0.00000103. The molecule has 0 aromatic carbocycles. The van der Waals surface area contributed by atoms with Crippen molar-refractivity contribution in [3.8, 4) is 17.2 Å². The highest BCUT2D eigenvalue weighted by Crippen LogP contribution is 2.35. The molecule has 0 saturated heterocycles. The topological polar surface area (TPSA) is 149 Å². The average Bonchev–Trinajstić information content (AvgIpc) is 3.55. The van der Waals surface area contributed by atoms with E-state index in [2.05, 4.69) is 26.3 Å². The van der Waals surface area contributed by atoms with Gasteiger partial charge in [0.15, 0.2) is 0 Å². The molecule has 176 valence electrons. The molecule has 0 unspecified atom stereocenters. The molecule has 10 heteroatoms. The molecule has 3 atom stereocenters. The Hall–Kier alpha value is -3.97. The smallest absolute Gasteiger partial charge is 0.290 e.